The number of amides is 1. The fourth-order valence-corrected chi connectivity index (χ4v) is 4.89. The first kappa shape index (κ1) is 23.7. The van der Waals surface area contributed by atoms with Crippen molar-refractivity contribution in [1.82, 2.24) is 9.80 Å². The lowest BCUT2D eigenvalue weighted by atomic mass is 10.2. The Balaban J connectivity index is 1.30. The molecule has 1 heterocycles. The average molecular weight is 476 g/mol. The summed E-state index contributed by atoms with van der Waals surface area (Å²) < 4.78 is 27.9. The summed E-state index contributed by atoms with van der Waals surface area (Å²) in [5.41, 5.74) is 3.22. The Labute approximate surface area is 201 Å². The number of anilines is 1. The lowest BCUT2D eigenvalue weighted by molar-refractivity contribution is 0.0650. The molecule has 1 saturated heterocycles. The maximum atomic E-state index is 12.9. The van der Waals surface area contributed by atoms with E-state index in [4.69, 9.17) is 0 Å². The minimum Gasteiger partial charge on any atom is -0.336 e. The van der Waals surface area contributed by atoms with Crippen molar-refractivity contribution in [3.8, 4) is 0 Å². The Bertz CT molecular complexity index is 1230. The van der Waals surface area contributed by atoms with Crippen LogP contribution in [0.4, 0.5) is 5.69 Å². The van der Waals surface area contributed by atoms with Gasteiger partial charge in [-0.05, 0) is 48.9 Å². The van der Waals surface area contributed by atoms with Crippen molar-refractivity contribution in [2.75, 3.05) is 37.4 Å². The summed E-state index contributed by atoms with van der Waals surface area (Å²) >= 11 is 0. The molecular weight excluding hydrogens is 446 g/mol. The van der Waals surface area contributed by atoms with E-state index in [9.17, 15) is 13.2 Å². The number of hydrogen-bond acceptors (Lipinski definition) is 4. The molecule has 1 aliphatic rings. The van der Waals surface area contributed by atoms with Crippen LogP contribution in [0.25, 0.3) is 6.08 Å². The summed E-state index contributed by atoms with van der Waals surface area (Å²) in [4.78, 5) is 17.2. The van der Waals surface area contributed by atoms with Gasteiger partial charge in [-0.15, -0.1) is 0 Å². The molecule has 34 heavy (non-hydrogen) atoms. The first-order valence-corrected chi connectivity index (χ1v) is 12.8. The number of rotatable bonds is 7. The van der Waals surface area contributed by atoms with Gasteiger partial charge in [0.15, 0.2) is 0 Å². The van der Waals surface area contributed by atoms with E-state index in [0.717, 1.165) is 25.2 Å². The molecule has 1 N–H and O–H groups in total. The van der Waals surface area contributed by atoms with Crippen molar-refractivity contribution < 1.29 is 13.2 Å². The van der Waals surface area contributed by atoms with Gasteiger partial charge in [0.2, 0.25) is 0 Å². The lowest BCUT2D eigenvalue weighted by Gasteiger charge is -2.34. The molecule has 6 nitrogen and oxygen atoms in total. The third-order valence-corrected chi connectivity index (χ3v) is 7.25. The van der Waals surface area contributed by atoms with Crippen molar-refractivity contribution in [3.05, 3.63) is 102 Å². The van der Waals surface area contributed by atoms with Crippen molar-refractivity contribution in [2.45, 2.75) is 11.8 Å². The highest BCUT2D eigenvalue weighted by molar-refractivity contribution is 7.92. The molecule has 176 valence electrons. The molecule has 1 amide bonds. The fourth-order valence-electron chi connectivity index (χ4n) is 3.83. The Morgan fingerprint density at radius 2 is 1.53 bits per heavy atom. The highest BCUT2D eigenvalue weighted by Crippen LogP contribution is 2.18. The third kappa shape index (κ3) is 6.12. The van der Waals surface area contributed by atoms with Crippen LogP contribution in [0.2, 0.25) is 0 Å². The Morgan fingerprint density at radius 1 is 0.882 bits per heavy atom. The van der Waals surface area contributed by atoms with E-state index >= 15 is 0 Å². The van der Waals surface area contributed by atoms with Gasteiger partial charge in [-0.1, -0.05) is 60.2 Å². The molecule has 0 radical (unpaired) electrons. The number of benzene rings is 3. The molecule has 0 spiro atoms. The second-order valence-corrected chi connectivity index (χ2v) is 10.1. The standard InChI is InChI=1S/C27H29N3O3S/c1-22-9-13-25(14-10-22)28-34(32,33)26-15-11-24(12-16-26)27(31)30-20-18-29(19-21-30)17-5-8-23-6-3-2-4-7-23/h2-16,28H,17-21H2,1H3. The Morgan fingerprint density at radius 3 is 2.18 bits per heavy atom. The van der Waals surface area contributed by atoms with Crippen molar-refractivity contribution in [2.24, 2.45) is 0 Å². The van der Waals surface area contributed by atoms with Gasteiger partial charge in [0, 0.05) is 44.0 Å². The summed E-state index contributed by atoms with van der Waals surface area (Å²) in [6.45, 7) is 5.68. The number of hydrogen-bond donors (Lipinski definition) is 1. The van der Waals surface area contributed by atoms with Gasteiger partial charge in [-0.2, -0.15) is 0 Å². The molecule has 1 aliphatic heterocycles. The first-order valence-electron chi connectivity index (χ1n) is 11.3. The van der Waals surface area contributed by atoms with E-state index in [1.165, 1.54) is 17.7 Å². The minimum atomic E-state index is -3.72. The number of nitrogens with zero attached hydrogens (tertiary/aromatic N) is 2. The average Bonchev–Trinajstić information content (AvgIpc) is 2.86. The van der Waals surface area contributed by atoms with Crippen LogP contribution < -0.4 is 4.72 Å². The summed E-state index contributed by atoms with van der Waals surface area (Å²) in [5, 5.41) is 0. The van der Waals surface area contributed by atoms with E-state index in [2.05, 4.69) is 33.9 Å². The topological polar surface area (TPSA) is 69.7 Å². The van der Waals surface area contributed by atoms with Crippen LogP contribution in [0.5, 0.6) is 0 Å². The van der Waals surface area contributed by atoms with E-state index in [1.807, 2.05) is 42.2 Å². The quantitative estimate of drug-likeness (QED) is 0.554. The van der Waals surface area contributed by atoms with Gasteiger partial charge in [0.1, 0.15) is 0 Å². The minimum absolute atomic E-state index is 0.0741. The number of carbonyl (C=O) groups excluding carboxylic acids is 1. The normalized spacial score (nSPS) is 14.9. The van der Waals surface area contributed by atoms with Crippen molar-refractivity contribution in [3.63, 3.8) is 0 Å². The Kier molecular flexibility index (Phi) is 7.45. The van der Waals surface area contributed by atoms with Crippen LogP contribution in [-0.4, -0.2) is 56.8 Å². The molecule has 1 fully saturated rings. The Hall–Kier alpha value is -3.42. The highest BCUT2D eigenvalue weighted by atomic mass is 32.2. The predicted molar refractivity (Wildman–Crippen MR) is 136 cm³/mol. The molecule has 0 atom stereocenters. The zero-order valence-corrected chi connectivity index (χ0v) is 20.0. The molecule has 0 bridgehead atoms. The van der Waals surface area contributed by atoms with Crippen molar-refractivity contribution >= 4 is 27.7 Å². The summed E-state index contributed by atoms with van der Waals surface area (Å²) in [7, 11) is -3.72. The maximum absolute atomic E-state index is 12.9. The fraction of sp³-hybridized carbons (Fsp3) is 0.222. The van der Waals surface area contributed by atoms with Gasteiger partial charge in [-0.25, -0.2) is 8.42 Å². The summed E-state index contributed by atoms with van der Waals surface area (Å²) in [6, 6.07) is 23.5. The maximum Gasteiger partial charge on any atom is 0.261 e. The monoisotopic (exact) mass is 475 g/mol. The zero-order valence-electron chi connectivity index (χ0n) is 19.2. The molecule has 0 aliphatic carbocycles. The number of sulfonamides is 1. The third-order valence-electron chi connectivity index (χ3n) is 5.85. The van der Waals surface area contributed by atoms with Crippen LogP contribution in [-0.2, 0) is 10.0 Å². The largest absolute Gasteiger partial charge is 0.336 e. The van der Waals surface area contributed by atoms with Gasteiger partial charge in [0.25, 0.3) is 15.9 Å². The first-order chi connectivity index (χ1) is 16.4. The van der Waals surface area contributed by atoms with Gasteiger partial charge < -0.3 is 4.90 Å². The van der Waals surface area contributed by atoms with Gasteiger partial charge >= 0.3 is 0 Å². The molecule has 3 aromatic carbocycles. The molecular formula is C27H29N3O3S. The van der Waals surface area contributed by atoms with Crippen LogP contribution in [0, 0.1) is 6.92 Å². The second-order valence-electron chi connectivity index (χ2n) is 8.40. The molecule has 4 rings (SSSR count). The lowest BCUT2D eigenvalue weighted by Crippen LogP contribution is -2.48. The number of carbonyl (C=O) groups is 1. The van der Waals surface area contributed by atoms with Crippen LogP contribution in [0.15, 0.2) is 89.8 Å². The summed E-state index contributed by atoms with van der Waals surface area (Å²) in [5.74, 6) is -0.0741. The van der Waals surface area contributed by atoms with Gasteiger partial charge in [0.05, 0.1) is 4.90 Å². The van der Waals surface area contributed by atoms with E-state index in [-0.39, 0.29) is 10.8 Å². The van der Waals surface area contributed by atoms with Crippen LogP contribution >= 0.6 is 0 Å². The number of nitrogens with one attached hydrogen (secondary N) is 1. The second kappa shape index (κ2) is 10.7. The smallest absolute Gasteiger partial charge is 0.261 e. The van der Waals surface area contributed by atoms with Crippen molar-refractivity contribution in [1.29, 1.82) is 0 Å². The predicted octanol–water partition coefficient (Wildman–Crippen LogP) is 4.27. The molecule has 0 aromatic heterocycles. The van der Waals surface area contributed by atoms with Crippen LogP contribution in [0.3, 0.4) is 0 Å². The molecule has 3 aromatic rings. The zero-order chi connectivity index (χ0) is 24.0. The molecule has 7 heteroatoms. The highest BCUT2D eigenvalue weighted by Gasteiger charge is 2.22. The number of aryl methyl sites for hydroxylation is 1. The summed E-state index contributed by atoms with van der Waals surface area (Å²) in [6.07, 6.45) is 4.26. The van der Waals surface area contributed by atoms with Gasteiger partial charge in [-0.3, -0.25) is 14.4 Å². The van der Waals surface area contributed by atoms with Crippen LogP contribution in [0.1, 0.15) is 21.5 Å². The molecule has 0 saturated carbocycles. The number of piperazine rings is 1. The van der Waals surface area contributed by atoms with E-state index in [1.54, 1.807) is 24.3 Å². The van der Waals surface area contributed by atoms with E-state index < -0.39 is 10.0 Å². The molecule has 0 unspecified atom stereocenters. The SMILES string of the molecule is Cc1ccc(NS(=O)(=O)c2ccc(C(=O)N3CCN(CC=Cc4ccccc4)CC3)cc2)cc1. The van der Waals surface area contributed by atoms with E-state index in [0.29, 0.717) is 24.3 Å².